The second kappa shape index (κ2) is 7.13. The summed E-state index contributed by atoms with van der Waals surface area (Å²) < 4.78 is 11.1. The number of rotatable bonds is 7. The third-order valence-electron chi connectivity index (χ3n) is 3.93. The minimum Gasteiger partial charge on any atom is -0.495 e. The lowest BCUT2D eigenvalue weighted by atomic mass is 9.84. The fourth-order valence-corrected chi connectivity index (χ4v) is 2.85. The number of benzene rings is 1. The van der Waals surface area contributed by atoms with Crippen LogP contribution in [0.3, 0.4) is 0 Å². The van der Waals surface area contributed by atoms with Gasteiger partial charge >= 0.3 is 0 Å². The Kier molecular flexibility index (Phi) is 6.11. The molecule has 108 valence electrons. The van der Waals surface area contributed by atoms with Gasteiger partial charge in [0.25, 0.3) is 0 Å². The molecule has 0 saturated heterocycles. The van der Waals surface area contributed by atoms with Crippen LogP contribution in [0.15, 0.2) is 18.2 Å². The Balaban J connectivity index is 3.22. The number of methoxy groups -OCH3 is 2. The maximum atomic E-state index is 6.08. The molecule has 3 nitrogen and oxygen atoms in total. The summed E-state index contributed by atoms with van der Waals surface area (Å²) in [5.74, 6) is 0.691. The standard InChI is InChI=1S/C15H24ClNO2/c1-6-15(7-2,19-5)14(17-3)11-8-9-12(16)13(10-11)18-4/h8-10,14,17H,6-7H2,1-5H3. The molecule has 4 heteroatoms. The topological polar surface area (TPSA) is 30.5 Å². The van der Waals surface area contributed by atoms with E-state index in [1.54, 1.807) is 14.2 Å². The van der Waals surface area contributed by atoms with Gasteiger partial charge in [0.05, 0.1) is 23.8 Å². The number of nitrogens with one attached hydrogen (secondary N) is 1. The van der Waals surface area contributed by atoms with Crippen LogP contribution in [0.25, 0.3) is 0 Å². The van der Waals surface area contributed by atoms with E-state index in [0.29, 0.717) is 10.8 Å². The van der Waals surface area contributed by atoms with Gasteiger partial charge in [0.1, 0.15) is 5.75 Å². The van der Waals surface area contributed by atoms with Gasteiger partial charge in [-0.15, -0.1) is 0 Å². The van der Waals surface area contributed by atoms with Gasteiger partial charge < -0.3 is 14.8 Å². The van der Waals surface area contributed by atoms with Crippen LogP contribution < -0.4 is 10.1 Å². The van der Waals surface area contributed by atoms with Crippen molar-refractivity contribution in [2.45, 2.75) is 38.3 Å². The van der Waals surface area contributed by atoms with Gasteiger partial charge in [-0.25, -0.2) is 0 Å². The number of hydrogen-bond acceptors (Lipinski definition) is 3. The van der Waals surface area contributed by atoms with E-state index < -0.39 is 0 Å². The second-order valence-corrected chi connectivity index (χ2v) is 5.00. The second-order valence-electron chi connectivity index (χ2n) is 4.59. The molecule has 0 radical (unpaired) electrons. The van der Waals surface area contributed by atoms with E-state index in [4.69, 9.17) is 21.1 Å². The number of likely N-dealkylation sites (N-methyl/N-ethyl adjacent to an activating group) is 1. The van der Waals surface area contributed by atoms with Crippen LogP contribution in [0.5, 0.6) is 5.75 Å². The van der Waals surface area contributed by atoms with Gasteiger partial charge in [0.2, 0.25) is 0 Å². The van der Waals surface area contributed by atoms with E-state index in [-0.39, 0.29) is 11.6 Å². The molecule has 0 aliphatic carbocycles. The Hall–Kier alpha value is -0.770. The lowest BCUT2D eigenvalue weighted by Gasteiger charge is -2.38. The van der Waals surface area contributed by atoms with Gasteiger partial charge in [-0.2, -0.15) is 0 Å². The predicted octanol–water partition coefficient (Wildman–Crippen LogP) is 3.81. The van der Waals surface area contributed by atoms with Crippen molar-refractivity contribution in [2.24, 2.45) is 0 Å². The van der Waals surface area contributed by atoms with Gasteiger partial charge in [-0.3, -0.25) is 0 Å². The zero-order valence-corrected chi connectivity index (χ0v) is 13.2. The summed E-state index contributed by atoms with van der Waals surface area (Å²) in [5, 5.41) is 3.98. The van der Waals surface area contributed by atoms with Crippen molar-refractivity contribution in [3.8, 4) is 5.75 Å². The molecule has 0 spiro atoms. The van der Waals surface area contributed by atoms with Crippen molar-refractivity contribution >= 4 is 11.6 Å². The Morgan fingerprint density at radius 3 is 2.32 bits per heavy atom. The summed E-state index contributed by atoms with van der Waals surface area (Å²) in [6.45, 7) is 4.29. The van der Waals surface area contributed by atoms with Gasteiger partial charge in [-0.05, 0) is 37.6 Å². The SMILES string of the molecule is CCC(CC)(OC)C(NC)c1ccc(Cl)c(OC)c1. The molecule has 0 bridgehead atoms. The summed E-state index contributed by atoms with van der Waals surface area (Å²) in [6, 6.07) is 5.96. The van der Waals surface area contributed by atoms with Crippen LogP contribution in [0.4, 0.5) is 0 Å². The maximum Gasteiger partial charge on any atom is 0.137 e. The summed E-state index contributed by atoms with van der Waals surface area (Å²) in [4.78, 5) is 0. The van der Waals surface area contributed by atoms with Gasteiger partial charge in [-0.1, -0.05) is 31.5 Å². The predicted molar refractivity (Wildman–Crippen MR) is 80.1 cm³/mol. The van der Waals surface area contributed by atoms with Crippen molar-refractivity contribution in [3.05, 3.63) is 28.8 Å². The van der Waals surface area contributed by atoms with Crippen LogP contribution >= 0.6 is 11.6 Å². The minimum absolute atomic E-state index is 0.0960. The average molecular weight is 286 g/mol. The molecular formula is C15H24ClNO2. The van der Waals surface area contributed by atoms with E-state index in [9.17, 15) is 0 Å². The van der Waals surface area contributed by atoms with Crippen molar-refractivity contribution < 1.29 is 9.47 Å². The number of hydrogen-bond donors (Lipinski definition) is 1. The fourth-order valence-electron chi connectivity index (χ4n) is 2.65. The van der Waals surface area contributed by atoms with Crippen molar-refractivity contribution in [1.29, 1.82) is 0 Å². The highest BCUT2D eigenvalue weighted by molar-refractivity contribution is 6.32. The summed E-state index contributed by atoms with van der Waals surface area (Å²) >= 11 is 6.08. The first kappa shape index (κ1) is 16.3. The largest absolute Gasteiger partial charge is 0.495 e. The molecule has 0 aromatic heterocycles. The minimum atomic E-state index is -0.229. The van der Waals surface area contributed by atoms with Gasteiger partial charge in [0.15, 0.2) is 0 Å². The molecule has 0 heterocycles. The Morgan fingerprint density at radius 1 is 1.26 bits per heavy atom. The zero-order chi connectivity index (χ0) is 14.5. The number of halogens is 1. The normalized spacial score (nSPS) is 13.4. The maximum absolute atomic E-state index is 6.08. The first-order chi connectivity index (χ1) is 9.08. The van der Waals surface area contributed by atoms with Crippen LogP contribution in [-0.2, 0) is 4.74 Å². The molecule has 1 rings (SSSR count). The first-order valence-corrected chi connectivity index (χ1v) is 7.02. The van der Waals surface area contributed by atoms with Crippen LogP contribution in [0, 0.1) is 0 Å². The highest BCUT2D eigenvalue weighted by Crippen LogP contribution is 2.37. The average Bonchev–Trinajstić information content (AvgIpc) is 2.46. The Labute approximate surface area is 121 Å². The fraction of sp³-hybridized carbons (Fsp3) is 0.600. The lowest BCUT2D eigenvalue weighted by Crippen LogP contribution is -2.43. The molecule has 0 saturated carbocycles. The number of ether oxygens (including phenoxy) is 2. The molecule has 1 atom stereocenters. The third kappa shape index (κ3) is 3.22. The van der Waals surface area contributed by atoms with Gasteiger partial charge in [0, 0.05) is 7.11 Å². The molecule has 1 N–H and O–H groups in total. The zero-order valence-electron chi connectivity index (χ0n) is 12.4. The monoisotopic (exact) mass is 285 g/mol. The summed E-state index contributed by atoms with van der Waals surface area (Å²) in [5.41, 5.74) is 0.891. The molecule has 19 heavy (non-hydrogen) atoms. The van der Waals surface area contributed by atoms with Crippen LogP contribution in [0.1, 0.15) is 38.3 Å². The quantitative estimate of drug-likeness (QED) is 0.826. The molecule has 1 aromatic carbocycles. The van der Waals surface area contributed by atoms with Crippen LogP contribution in [0.2, 0.25) is 5.02 Å². The van der Waals surface area contributed by atoms with Crippen molar-refractivity contribution in [1.82, 2.24) is 5.32 Å². The van der Waals surface area contributed by atoms with E-state index in [1.165, 1.54) is 0 Å². The third-order valence-corrected chi connectivity index (χ3v) is 4.24. The molecule has 1 unspecified atom stereocenters. The van der Waals surface area contributed by atoms with E-state index in [1.807, 2.05) is 25.2 Å². The van der Waals surface area contributed by atoms with Crippen molar-refractivity contribution in [3.63, 3.8) is 0 Å². The molecule has 0 amide bonds. The first-order valence-electron chi connectivity index (χ1n) is 6.64. The summed E-state index contributed by atoms with van der Waals surface area (Å²) in [7, 11) is 5.35. The highest BCUT2D eigenvalue weighted by atomic mass is 35.5. The molecule has 1 aromatic rings. The van der Waals surface area contributed by atoms with Crippen molar-refractivity contribution in [2.75, 3.05) is 21.3 Å². The van der Waals surface area contributed by atoms with E-state index in [2.05, 4.69) is 19.2 Å². The molecule has 0 aliphatic heterocycles. The lowest BCUT2D eigenvalue weighted by molar-refractivity contribution is -0.0468. The molecular weight excluding hydrogens is 262 g/mol. The van der Waals surface area contributed by atoms with Crippen LogP contribution in [-0.4, -0.2) is 26.9 Å². The Bertz CT molecular complexity index is 397. The summed E-state index contributed by atoms with van der Waals surface area (Å²) in [6.07, 6.45) is 1.85. The van der Waals surface area contributed by atoms with E-state index >= 15 is 0 Å². The van der Waals surface area contributed by atoms with E-state index in [0.717, 1.165) is 18.4 Å². The Morgan fingerprint density at radius 2 is 1.89 bits per heavy atom. The smallest absolute Gasteiger partial charge is 0.137 e. The highest BCUT2D eigenvalue weighted by Gasteiger charge is 2.36. The molecule has 0 aliphatic rings. The molecule has 0 fully saturated rings.